The summed E-state index contributed by atoms with van der Waals surface area (Å²) in [7, 11) is 0. The summed E-state index contributed by atoms with van der Waals surface area (Å²) in [5.74, 6) is 1.08. The Morgan fingerprint density at radius 1 is 1.00 bits per heavy atom. The second-order valence-corrected chi connectivity index (χ2v) is 7.77. The molecule has 0 spiro atoms. The zero-order chi connectivity index (χ0) is 20.8. The van der Waals surface area contributed by atoms with Crippen molar-refractivity contribution in [3.05, 3.63) is 78.4 Å². The average Bonchev–Trinajstić information content (AvgIpc) is 2.83. The van der Waals surface area contributed by atoms with Gasteiger partial charge in [0, 0.05) is 31.7 Å². The van der Waals surface area contributed by atoms with E-state index in [1.165, 1.54) is 5.56 Å². The summed E-state index contributed by atoms with van der Waals surface area (Å²) in [6.45, 7) is 5.04. The van der Waals surface area contributed by atoms with Crippen molar-refractivity contribution in [3.63, 3.8) is 0 Å². The lowest BCUT2D eigenvalue weighted by atomic mass is 9.96. The number of hydrogen-bond donors (Lipinski definition) is 0. The highest BCUT2D eigenvalue weighted by Crippen LogP contribution is 2.25. The number of hydrogen-bond acceptors (Lipinski definition) is 4. The Morgan fingerprint density at radius 3 is 2.40 bits per heavy atom. The molecule has 0 bridgehead atoms. The second-order valence-electron chi connectivity index (χ2n) is 7.77. The van der Waals surface area contributed by atoms with E-state index in [9.17, 15) is 4.79 Å². The quantitative estimate of drug-likeness (QED) is 0.615. The van der Waals surface area contributed by atoms with Crippen LogP contribution in [0.25, 0.3) is 11.3 Å². The third kappa shape index (κ3) is 4.67. The minimum absolute atomic E-state index is 0.00184. The standard InChI is InChI=1S/C25H28N4O/c1-2-28(18-20-10-5-3-6-11-20)25(30)22-14-9-17-29(19-22)24-16-15-23(26-27-24)21-12-7-4-8-13-21/h3-8,10-13,15-16,22H,2,9,14,17-19H2,1H3. The summed E-state index contributed by atoms with van der Waals surface area (Å²) in [5.41, 5.74) is 3.09. The first-order valence-electron chi connectivity index (χ1n) is 10.7. The monoisotopic (exact) mass is 400 g/mol. The minimum Gasteiger partial charge on any atom is -0.354 e. The molecule has 1 aliphatic rings. The van der Waals surface area contributed by atoms with Gasteiger partial charge in [0.2, 0.25) is 5.91 Å². The molecule has 0 radical (unpaired) electrons. The van der Waals surface area contributed by atoms with Gasteiger partial charge in [-0.15, -0.1) is 10.2 Å². The van der Waals surface area contributed by atoms with E-state index < -0.39 is 0 Å². The Morgan fingerprint density at radius 2 is 1.73 bits per heavy atom. The molecule has 2 heterocycles. The van der Waals surface area contributed by atoms with Gasteiger partial charge in [0.05, 0.1) is 11.6 Å². The normalized spacial score (nSPS) is 16.3. The SMILES string of the molecule is CCN(Cc1ccccc1)C(=O)C1CCCN(c2ccc(-c3ccccc3)nn2)C1. The van der Waals surface area contributed by atoms with Crippen LogP contribution in [0.5, 0.6) is 0 Å². The molecule has 1 aromatic heterocycles. The number of carbonyl (C=O) groups excluding carboxylic acids is 1. The van der Waals surface area contributed by atoms with Gasteiger partial charge in [-0.1, -0.05) is 60.7 Å². The number of piperidine rings is 1. The van der Waals surface area contributed by atoms with Crippen molar-refractivity contribution in [3.8, 4) is 11.3 Å². The van der Waals surface area contributed by atoms with Crippen molar-refractivity contribution in [2.24, 2.45) is 5.92 Å². The molecular formula is C25H28N4O. The molecule has 4 rings (SSSR count). The summed E-state index contributed by atoms with van der Waals surface area (Å²) in [5, 5.41) is 8.87. The molecule has 2 aromatic carbocycles. The molecular weight excluding hydrogens is 372 g/mol. The third-order valence-corrected chi connectivity index (χ3v) is 5.72. The third-order valence-electron chi connectivity index (χ3n) is 5.72. The Balaban J connectivity index is 1.43. The van der Waals surface area contributed by atoms with E-state index in [1.807, 2.05) is 65.6 Å². The largest absolute Gasteiger partial charge is 0.354 e. The van der Waals surface area contributed by atoms with Gasteiger partial charge >= 0.3 is 0 Å². The van der Waals surface area contributed by atoms with Crippen LogP contribution in [-0.4, -0.2) is 40.6 Å². The van der Waals surface area contributed by atoms with Gasteiger partial charge < -0.3 is 9.80 Å². The Kier molecular flexibility index (Phi) is 6.38. The van der Waals surface area contributed by atoms with E-state index in [0.29, 0.717) is 13.1 Å². The van der Waals surface area contributed by atoms with Gasteiger partial charge in [0.1, 0.15) is 0 Å². The number of nitrogens with zero attached hydrogens (tertiary/aromatic N) is 4. The molecule has 5 nitrogen and oxygen atoms in total. The molecule has 1 amide bonds. The fraction of sp³-hybridized carbons (Fsp3) is 0.320. The van der Waals surface area contributed by atoms with Crippen molar-refractivity contribution in [2.45, 2.75) is 26.3 Å². The lowest BCUT2D eigenvalue weighted by molar-refractivity contribution is -0.136. The van der Waals surface area contributed by atoms with Crippen LogP contribution in [0.3, 0.4) is 0 Å². The first-order valence-corrected chi connectivity index (χ1v) is 10.7. The smallest absolute Gasteiger partial charge is 0.227 e. The topological polar surface area (TPSA) is 49.3 Å². The molecule has 0 saturated carbocycles. The number of benzene rings is 2. The van der Waals surface area contributed by atoms with Gasteiger partial charge in [0.15, 0.2) is 5.82 Å². The van der Waals surface area contributed by atoms with Crippen molar-refractivity contribution >= 4 is 11.7 Å². The van der Waals surface area contributed by atoms with Gasteiger partial charge in [-0.05, 0) is 37.5 Å². The van der Waals surface area contributed by atoms with Gasteiger partial charge in [0.25, 0.3) is 0 Å². The fourth-order valence-electron chi connectivity index (χ4n) is 4.05. The number of rotatable bonds is 6. The second kappa shape index (κ2) is 9.53. The average molecular weight is 401 g/mol. The number of carbonyl (C=O) groups is 1. The van der Waals surface area contributed by atoms with Crippen LogP contribution in [-0.2, 0) is 11.3 Å². The predicted molar refractivity (Wildman–Crippen MR) is 120 cm³/mol. The maximum Gasteiger partial charge on any atom is 0.227 e. The highest BCUT2D eigenvalue weighted by Gasteiger charge is 2.29. The molecule has 1 saturated heterocycles. The summed E-state index contributed by atoms with van der Waals surface area (Å²) >= 11 is 0. The lowest BCUT2D eigenvalue weighted by Crippen LogP contribution is -2.45. The Labute approximate surface area is 178 Å². The first-order chi connectivity index (χ1) is 14.7. The van der Waals surface area contributed by atoms with Crippen molar-refractivity contribution in [1.29, 1.82) is 0 Å². The number of anilines is 1. The molecule has 1 atom stereocenters. The fourth-order valence-corrected chi connectivity index (χ4v) is 4.05. The molecule has 1 aliphatic heterocycles. The van der Waals surface area contributed by atoms with E-state index in [4.69, 9.17) is 0 Å². The van der Waals surface area contributed by atoms with Crippen LogP contribution in [0.2, 0.25) is 0 Å². The van der Waals surface area contributed by atoms with E-state index in [2.05, 4.69) is 34.2 Å². The van der Waals surface area contributed by atoms with E-state index in [1.54, 1.807) is 0 Å². The van der Waals surface area contributed by atoms with Gasteiger partial charge in [-0.3, -0.25) is 4.79 Å². The van der Waals surface area contributed by atoms with Crippen molar-refractivity contribution in [2.75, 3.05) is 24.5 Å². The van der Waals surface area contributed by atoms with E-state index in [-0.39, 0.29) is 11.8 Å². The van der Waals surface area contributed by atoms with Crippen LogP contribution in [0, 0.1) is 5.92 Å². The molecule has 154 valence electrons. The van der Waals surface area contributed by atoms with Crippen molar-refractivity contribution in [1.82, 2.24) is 15.1 Å². The molecule has 30 heavy (non-hydrogen) atoms. The van der Waals surface area contributed by atoms with Crippen LogP contribution in [0.4, 0.5) is 5.82 Å². The van der Waals surface area contributed by atoms with E-state index in [0.717, 1.165) is 43.0 Å². The zero-order valence-electron chi connectivity index (χ0n) is 17.4. The van der Waals surface area contributed by atoms with Gasteiger partial charge in [-0.2, -0.15) is 0 Å². The van der Waals surface area contributed by atoms with Crippen LogP contribution in [0.15, 0.2) is 72.8 Å². The predicted octanol–water partition coefficient (Wildman–Crippen LogP) is 4.41. The van der Waals surface area contributed by atoms with Crippen LogP contribution in [0.1, 0.15) is 25.3 Å². The zero-order valence-corrected chi connectivity index (χ0v) is 17.4. The summed E-state index contributed by atoms with van der Waals surface area (Å²) in [6, 6.07) is 24.3. The Hall–Kier alpha value is -3.21. The number of aromatic nitrogens is 2. The van der Waals surface area contributed by atoms with Crippen LogP contribution < -0.4 is 4.90 Å². The summed E-state index contributed by atoms with van der Waals surface area (Å²) in [4.78, 5) is 17.4. The minimum atomic E-state index is -0.00184. The molecule has 0 aliphatic carbocycles. The molecule has 1 unspecified atom stereocenters. The molecule has 0 N–H and O–H groups in total. The molecule has 5 heteroatoms. The van der Waals surface area contributed by atoms with E-state index >= 15 is 0 Å². The molecule has 3 aromatic rings. The number of amides is 1. The Bertz CT molecular complexity index is 944. The first kappa shape index (κ1) is 20.1. The van der Waals surface area contributed by atoms with Gasteiger partial charge in [-0.25, -0.2) is 0 Å². The van der Waals surface area contributed by atoms with Crippen LogP contribution >= 0.6 is 0 Å². The highest BCUT2D eigenvalue weighted by molar-refractivity contribution is 5.79. The maximum absolute atomic E-state index is 13.2. The summed E-state index contributed by atoms with van der Waals surface area (Å²) in [6.07, 6.45) is 1.91. The molecule has 1 fully saturated rings. The summed E-state index contributed by atoms with van der Waals surface area (Å²) < 4.78 is 0. The maximum atomic E-state index is 13.2. The lowest BCUT2D eigenvalue weighted by Gasteiger charge is -2.35. The highest BCUT2D eigenvalue weighted by atomic mass is 16.2. The van der Waals surface area contributed by atoms with Crippen molar-refractivity contribution < 1.29 is 4.79 Å².